The van der Waals surface area contributed by atoms with Crippen molar-refractivity contribution in [2.75, 3.05) is 27.7 Å². The zero-order chi connectivity index (χ0) is 11.3. The Bertz CT molecular complexity index is 312. The molecule has 0 aromatic heterocycles. The first-order chi connectivity index (χ1) is 7.13. The van der Waals surface area contributed by atoms with Gasteiger partial charge < -0.3 is 9.64 Å². The van der Waals surface area contributed by atoms with Gasteiger partial charge in [-0.05, 0) is 73.8 Å². The maximum Gasteiger partial charge on any atom is 0.132 e. The van der Waals surface area contributed by atoms with Crippen molar-refractivity contribution in [3.8, 4) is 5.75 Å². The van der Waals surface area contributed by atoms with Crippen LogP contribution in [0, 0.1) is 3.57 Å². The molecular formula is C12H18INO. The summed E-state index contributed by atoms with van der Waals surface area (Å²) in [6.45, 7) is 1.14. The number of nitrogens with zero attached hydrogens (tertiary/aromatic N) is 1. The average Bonchev–Trinajstić information content (AvgIpc) is 2.17. The number of benzene rings is 1. The summed E-state index contributed by atoms with van der Waals surface area (Å²) in [6.07, 6.45) is 2.34. The second kappa shape index (κ2) is 6.33. The van der Waals surface area contributed by atoms with Gasteiger partial charge in [-0.3, -0.25) is 0 Å². The average molecular weight is 319 g/mol. The first kappa shape index (κ1) is 12.8. The van der Waals surface area contributed by atoms with E-state index in [1.165, 1.54) is 15.6 Å². The largest absolute Gasteiger partial charge is 0.496 e. The molecule has 3 heteroatoms. The van der Waals surface area contributed by atoms with Crippen molar-refractivity contribution in [3.05, 3.63) is 27.3 Å². The lowest BCUT2D eigenvalue weighted by atomic mass is 10.1. The molecule has 2 nitrogen and oxygen atoms in total. The van der Waals surface area contributed by atoms with Gasteiger partial charge in [0, 0.05) is 0 Å². The highest BCUT2D eigenvalue weighted by Crippen LogP contribution is 2.22. The summed E-state index contributed by atoms with van der Waals surface area (Å²) >= 11 is 2.32. The monoisotopic (exact) mass is 319 g/mol. The third-order valence-corrected chi connectivity index (χ3v) is 3.13. The second-order valence-electron chi connectivity index (χ2n) is 3.88. The van der Waals surface area contributed by atoms with E-state index in [1.807, 2.05) is 6.07 Å². The van der Waals surface area contributed by atoms with Crippen molar-refractivity contribution in [1.29, 1.82) is 0 Å². The third-order valence-electron chi connectivity index (χ3n) is 2.29. The Hall–Kier alpha value is -0.290. The van der Waals surface area contributed by atoms with Gasteiger partial charge in [-0.1, -0.05) is 6.07 Å². The van der Waals surface area contributed by atoms with Crippen LogP contribution in [-0.4, -0.2) is 32.6 Å². The molecule has 0 radical (unpaired) electrons. The van der Waals surface area contributed by atoms with Gasteiger partial charge in [0.15, 0.2) is 0 Å². The number of halogens is 1. The van der Waals surface area contributed by atoms with E-state index in [2.05, 4.69) is 53.7 Å². The van der Waals surface area contributed by atoms with Crippen LogP contribution in [-0.2, 0) is 6.42 Å². The van der Waals surface area contributed by atoms with E-state index in [-0.39, 0.29) is 0 Å². The molecule has 0 aliphatic rings. The minimum atomic E-state index is 0.965. The van der Waals surface area contributed by atoms with Crippen LogP contribution in [0.25, 0.3) is 0 Å². The van der Waals surface area contributed by atoms with E-state index in [4.69, 9.17) is 4.74 Å². The van der Waals surface area contributed by atoms with Crippen LogP contribution in [0.3, 0.4) is 0 Å². The third kappa shape index (κ3) is 4.38. The fourth-order valence-corrected chi connectivity index (χ4v) is 2.26. The molecule has 1 aromatic rings. The van der Waals surface area contributed by atoms with E-state index < -0.39 is 0 Å². The zero-order valence-corrected chi connectivity index (χ0v) is 11.7. The minimum Gasteiger partial charge on any atom is -0.496 e. The normalized spacial score (nSPS) is 10.7. The lowest BCUT2D eigenvalue weighted by Gasteiger charge is -2.10. The van der Waals surface area contributed by atoms with Gasteiger partial charge in [-0.15, -0.1) is 0 Å². The highest BCUT2D eigenvalue weighted by Gasteiger charge is 2.01. The van der Waals surface area contributed by atoms with Crippen LogP contribution in [0.15, 0.2) is 18.2 Å². The molecule has 1 rings (SSSR count). The number of rotatable bonds is 5. The molecule has 15 heavy (non-hydrogen) atoms. The van der Waals surface area contributed by atoms with Gasteiger partial charge in [0.2, 0.25) is 0 Å². The lowest BCUT2D eigenvalue weighted by Crippen LogP contribution is -2.13. The van der Waals surface area contributed by atoms with Crippen molar-refractivity contribution >= 4 is 22.6 Å². The van der Waals surface area contributed by atoms with Gasteiger partial charge in [0.25, 0.3) is 0 Å². The van der Waals surface area contributed by atoms with Crippen molar-refractivity contribution in [2.24, 2.45) is 0 Å². The molecule has 0 unspecified atom stereocenters. The minimum absolute atomic E-state index is 0.965. The molecule has 0 atom stereocenters. The number of aryl methyl sites for hydroxylation is 1. The van der Waals surface area contributed by atoms with Gasteiger partial charge >= 0.3 is 0 Å². The Morgan fingerprint density at radius 1 is 1.33 bits per heavy atom. The highest BCUT2D eigenvalue weighted by molar-refractivity contribution is 14.1. The first-order valence-corrected chi connectivity index (χ1v) is 6.18. The van der Waals surface area contributed by atoms with Crippen molar-refractivity contribution in [3.63, 3.8) is 0 Å². The first-order valence-electron chi connectivity index (χ1n) is 5.10. The molecule has 0 aliphatic heterocycles. The topological polar surface area (TPSA) is 12.5 Å². The fraction of sp³-hybridized carbons (Fsp3) is 0.500. The second-order valence-corrected chi connectivity index (χ2v) is 5.04. The van der Waals surface area contributed by atoms with Crippen LogP contribution in [0.1, 0.15) is 12.0 Å². The fourth-order valence-electron chi connectivity index (χ4n) is 1.46. The molecule has 0 saturated carbocycles. The molecule has 84 valence electrons. The molecular weight excluding hydrogens is 301 g/mol. The van der Waals surface area contributed by atoms with E-state index >= 15 is 0 Å². The number of methoxy groups -OCH3 is 1. The van der Waals surface area contributed by atoms with E-state index in [9.17, 15) is 0 Å². The molecule has 0 bridgehead atoms. The summed E-state index contributed by atoms with van der Waals surface area (Å²) < 4.78 is 6.42. The van der Waals surface area contributed by atoms with Crippen LogP contribution < -0.4 is 4.74 Å². The molecule has 0 spiro atoms. The Balaban J connectivity index is 2.52. The smallest absolute Gasteiger partial charge is 0.132 e. The Morgan fingerprint density at radius 3 is 2.60 bits per heavy atom. The molecule has 0 fully saturated rings. The summed E-state index contributed by atoms with van der Waals surface area (Å²) in [5.74, 6) is 0.965. The van der Waals surface area contributed by atoms with E-state index in [0.717, 1.165) is 18.7 Å². The Labute approximate surface area is 106 Å². The maximum absolute atomic E-state index is 5.23. The van der Waals surface area contributed by atoms with Gasteiger partial charge in [-0.2, -0.15) is 0 Å². The van der Waals surface area contributed by atoms with Crippen molar-refractivity contribution < 1.29 is 4.74 Å². The van der Waals surface area contributed by atoms with Gasteiger partial charge in [0.05, 0.1) is 10.7 Å². The standard InChI is InChI=1S/C12H18INO/c1-14(2)8-4-5-10-6-7-12(15-3)11(13)9-10/h6-7,9H,4-5,8H2,1-3H3. The SMILES string of the molecule is COc1ccc(CCCN(C)C)cc1I. The van der Waals surface area contributed by atoms with Crippen LogP contribution >= 0.6 is 22.6 Å². The summed E-state index contributed by atoms with van der Waals surface area (Å²) in [4.78, 5) is 2.22. The highest BCUT2D eigenvalue weighted by atomic mass is 127. The van der Waals surface area contributed by atoms with Crippen LogP contribution in [0.4, 0.5) is 0 Å². The summed E-state index contributed by atoms with van der Waals surface area (Å²) in [6, 6.07) is 6.40. The Morgan fingerprint density at radius 2 is 2.07 bits per heavy atom. The van der Waals surface area contributed by atoms with Crippen LogP contribution in [0.2, 0.25) is 0 Å². The quantitative estimate of drug-likeness (QED) is 0.774. The Kier molecular flexibility index (Phi) is 5.39. The molecule has 0 amide bonds. The molecule has 0 saturated heterocycles. The number of ether oxygens (including phenoxy) is 1. The molecule has 1 aromatic carbocycles. The van der Waals surface area contributed by atoms with Crippen molar-refractivity contribution in [2.45, 2.75) is 12.8 Å². The molecule has 0 N–H and O–H groups in total. The number of hydrogen-bond donors (Lipinski definition) is 0. The summed E-state index contributed by atoms with van der Waals surface area (Å²) in [5, 5.41) is 0. The van der Waals surface area contributed by atoms with Crippen LogP contribution in [0.5, 0.6) is 5.75 Å². The van der Waals surface area contributed by atoms with Crippen molar-refractivity contribution in [1.82, 2.24) is 4.90 Å². The lowest BCUT2D eigenvalue weighted by molar-refractivity contribution is 0.400. The predicted octanol–water partition coefficient (Wildman–Crippen LogP) is 2.79. The molecule has 0 heterocycles. The number of hydrogen-bond acceptors (Lipinski definition) is 2. The van der Waals surface area contributed by atoms with E-state index in [0.29, 0.717) is 0 Å². The van der Waals surface area contributed by atoms with Gasteiger partial charge in [-0.25, -0.2) is 0 Å². The summed E-state index contributed by atoms with van der Waals surface area (Å²) in [7, 11) is 5.93. The predicted molar refractivity (Wildman–Crippen MR) is 72.6 cm³/mol. The molecule has 0 aliphatic carbocycles. The zero-order valence-electron chi connectivity index (χ0n) is 9.59. The summed E-state index contributed by atoms with van der Waals surface area (Å²) in [5.41, 5.74) is 1.39. The van der Waals surface area contributed by atoms with Gasteiger partial charge in [0.1, 0.15) is 5.75 Å². The van der Waals surface area contributed by atoms with E-state index in [1.54, 1.807) is 7.11 Å². The maximum atomic E-state index is 5.23.